The lowest BCUT2D eigenvalue weighted by Crippen LogP contribution is -2.02. The molecule has 0 saturated heterocycles. The van der Waals surface area contributed by atoms with E-state index in [4.69, 9.17) is 5.73 Å². The van der Waals surface area contributed by atoms with E-state index in [1.54, 1.807) is 11.8 Å². The van der Waals surface area contributed by atoms with Gasteiger partial charge in [-0.2, -0.15) is 0 Å². The standard InChI is InChI=1S/C13H16N4S/c14-8-9-18-13-15-12(10-6-7-10)17(16-13)11-4-2-1-3-5-11/h1-5,10H,6-9,14H2. The third-order valence-corrected chi connectivity index (χ3v) is 3.78. The number of aromatic nitrogens is 3. The average Bonchev–Trinajstić information content (AvgIpc) is 3.18. The van der Waals surface area contributed by atoms with Crippen molar-refractivity contribution in [1.29, 1.82) is 0 Å². The highest BCUT2D eigenvalue weighted by atomic mass is 32.2. The summed E-state index contributed by atoms with van der Waals surface area (Å²) in [6.07, 6.45) is 2.46. The molecule has 94 valence electrons. The van der Waals surface area contributed by atoms with Gasteiger partial charge in [0.1, 0.15) is 5.82 Å². The first-order valence-corrected chi connectivity index (χ1v) is 7.22. The molecule has 1 heterocycles. The molecule has 18 heavy (non-hydrogen) atoms. The van der Waals surface area contributed by atoms with Crippen molar-refractivity contribution in [1.82, 2.24) is 14.8 Å². The Morgan fingerprint density at radius 3 is 2.72 bits per heavy atom. The summed E-state index contributed by atoms with van der Waals surface area (Å²) in [6, 6.07) is 10.2. The number of thioether (sulfide) groups is 1. The van der Waals surface area contributed by atoms with Gasteiger partial charge in [-0.25, -0.2) is 9.67 Å². The van der Waals surface area contributed by atoms with Crippen molar-refractivity contribution < 1.29 is 0 Å². The summed E-state index contributed by atoms with van der Waals surface area (Å²) in [4.78, 5) is 4.65. The summed E-state index contributed by atoms with van der Waals surface area (Å²) in [5, 5.41) is 5.43. The molecule has 0 radical (unpaired) electrons. The smallest absolute Gasteiger partial charge is 0.209 e. The fourth-order valence-corrected chi connectivity index (χ4v) is 2.48. The van der Waals surface area contributed by atoms with Crippen LogP contribution in [0.2, 0.25) is 0 Å². The van der Waals surface area contributed by atoms with E-state index in [0.29, 0.717) is 12.5 Å². The second-order valence-corrected chi connectivity index (χ2v) is 5.47. The Morgan fingerprint density at radius 2 is 2.06 bits per heavy atom. The monoisotopic (exact) mass is 260 g/mol. The zero-order chi connectivity index (χ0) is 12.4. The molecule has 1 aromatic carbocycles. The molecule has 1 aliphatic rings. The number of rotatable bonds is 5. The van der Waals surface area contributed by atoms with Crippen molar-refractivity contribution in [3.05, 3.63) is 36.2 Å². The first kappa shape index (κ1) is 11.7. The highest BCUT2D eigenvalue weighted by Gasteiger charge is 2.30. The first-order chi connectivity index (χ1) is 8.88. The molecule has 0 spiro atoms. The molecule has 0 bridgehead atoms. The van der Waals surface area contributed by atoms with Gasteiger partial charge in [0, 0.05) is 18.2 Å². The number of para-hydroxylation sites is 1. The van der Waals surface area contributed by atoms with Gasteiger partial charge in [-0.3, -0.25) is 0 Å². The Bertz CT molecular complexity index is 519. The lowest BCUT2D eigenvalue weighted by atomic mass is 10.3. The average molecular weight is 260 g/mol. The van der Waals surface area contributed by atoms with Gasteiger partial charge in [0.15, 0.2) is 0 Å². The molecule has 0 atom stereocenters. The molecule has 0 unspecified atom stereocenters. The van der Waals surface area contributed by atoms with E-state index >= 15 is 0 Å². The Balaban J connectivity index is 1.94. The van der Waals surface area contributed by atoms with Crippen molar-refractivity contribution in [3.63, 3.8) is 0 Å². The number of nitrogens with two attached hydrogens (primary N) is 1. The molecule has 1 fully saturated rings. The second-order valence-electron chi connectivity index (χ2n) is 4.41. The normalized spacial score (nSPS) is 14.9. The number of nitrogens with zero attached hydrogens (tertiary/aromatic N) is 3. The first-order valence-electron chi connectivity index (χ1n) is 6.23. The maximum Gasteiger partial charge on any atom is 0.209 e. The maximum absolute atomic E-state index is 5.52. The van der Waals surface area contributed by atoms with Crippen molar-refractivity contribution in [2.75, 3.05) is 12.3 Å². The Hall–Kier alpha value is -1.33. The van der Waals surface area contributed by atoms with Crippen LogP contribution in [0.25, 0.3) is 5.69 Å². The molecule has 0 aliphatic heterocycles. The SMILES string of the molecule is NCCSc1nc(C2CC2)n(-c2ccccc2)n1. The minimum Gasteiger partial charge on any atom is -0.330 e. The third kappa shape index (κ3) is 2.42. The van der Waals surface area contributed by atoms with Crippen LogP contribution < -0.4 is 5.73 Å². The predicted octanol–water partition coefficient (Wildman–Crippen LogP) is 2.20. The summed E-state index contributed by atoms with van der Waals surface area (Å²) in [5.74, 6) is 2.55. The Labute approximate surface area is 111 Å². The highest BCUT2D eigenvalue weighted by molar-refractivity contribution is 7.99. The Morgan fingerprint density at radius 1 is 1.28 bits per heavy atom. The fraction of sp³-hybridized carbons (Fsp3) is 0.385. The zero-order valence-corrected chi connectivity index (χ0v) is 10.9. The van der Waals surface area contributed by atoms with E-state index in [2.05, 4.69) is 22.2 Å². The van der Waals surface area contributed by atoms with Crippen molar-refractivity contribution in [2.45, 2.75) is 23.9 Å². The summed E-state index contributed by atoms with van der Waals surface area (Å²) in [6.45, 7) is 0.656. The molecule has 3 rings (SSSR count). The van der Waals surface area contributed by atoms with Gasteiger partial charge < -0.3 is 5.73 Å². The van der Waals surface area contributed by atoms with Gasteiger partial charge in [-0.1, -0.05) is 30.0 Å². The highest BCUT2D eigenvalue weighted by Crippen LogP contribution is 2.40. The predicted molar refractivity (Wildman–Crippen MR) is 73.1 cm³/mol. The van der Waals surface area contributed by atoms with Gasteiger partial charge in [0.2, 0.25) is 5.16 Å². The largest absolute Gasteiger partial charge is 0.330 e. The topological polar surface area (TPSA) is 56.7 Å². The van der Waals surface area contributed by atoms with Crippen molar-refractivity contribution >= 4 is 11.8 Å². The van der Waals surface area contributed by atoms with Crippen LogP contribution in [0.1, 0.15) is 24.6 Å². The lowest BCUT2D eigenvalue weighted by Gasteiger charge is -2.03. The van der Waals surface area contributed by atoms with Crippen LogP contribution >= 0.6 is 11.8 Å². The van der Waals surface area contributed by atoms with Crippen LogP contribution in [-0.4, -0.2) is 27.1 Å². The molecular weight excluding hydrogens is 244 g/mol. The van der Waals surface area contributed by atoms with E-state index < -0.39 is 0 Å². The molecular formula is C13H16N4S. The molecule has 1 aromatic heterocycles. The molecule has 0 amide bonds. The van der Waals surface area contributed by atoms with E-state index in [0.717, 1.165) is 22.4 Å². The van der Waals surface area contributed by atoms with Crippen LogP contribution in [-0.2, 0) is 0 Å². The van der Waals surface area contributed by atoms with E-state index in [1.807, 2.05) is 22.9 Å². The minimum absolute atomic E-state index is 0.588. The van der Waals surface area contributed by atoms with Crippen LogP contribution in [0.5, 0.6) is 0 Å². The van der Waals surface area contributed by atoms with Crippen molar-refractivity contribution in [2.24, 2.45) is 5.73 Å². The summed E-state index contributed by atoms with van der Waals surface area (Å²) in [5.41, 5.74) is 6.61. The van der Waals surface area contributed by atoms with E-state index in [1.165, 1.54) is 12.8 Å². The molecule has 1 aliphatic carbocycles. The number of hydrogen-bond acceptors (Lipinski definition) is 4. The third-order valence-electron chi connectivity index (χ3n) is 2.91. The van der Waals surface area contributed by atoms with E-state index in [9.17, 15) is 0 Å². The zero-order valence-electron chi connectivity index (χ0n) is 10.1. The molecule has 4 nitrogen and oxygen atoms in total. The minimum atomic E-state index is 0.588. The molecule has 5 heteroatoms. The van der Waals surface area contributed by atoms with Crippen molar-refractivity contribution in [3.8, 4) is 5.69 Å². The van der Waals surface area contributed by atoms with Crippen LogP contribution in [0.15, 0.2) is 35.5 Å². The lowest BCUT2D eigenvalue weighted by molar-refractivity contribution is 0.782. The van der Waals surface area contributed by atoms with Gasteiger partial charge in [0.05, 0.1) is 5.69 Å². The van der Waals surface area contributed by atoms with E-state index in [-0.39, 0.29) is 0 Å². The van der Waals surface area contributed by atoms with Gasteiger partial charge in [-0.05, 0) is 25.0 Å². The maximum atomic E-state index is 5.52. The van der Waals surface area contributed by atoms with Crippen LogP contribution in [0, 0.1) is 0 Å². The molecule has 1 saturated carbocycles. The second kappa shape index (κ2) is 5.12. The quantitative estimate of drug-likeness (QED) is 0.837. The fourth-order valence-electron chi connectivity index (χ4n) is 1.88. The van der Waals surface area contributed by atoms with Gasteiger partial charge >= 0.3 is 0 Å². The summed E-state index contributed by atoms with van der Waals surface area (Å²) < 4.78 is 1.98. The molecule has 2 aromatic rings. The Kier molecular flexibility index (Phi) is 3.34. The van der Waals surface area contributed by atoms with Gasteiger partial charge in [-0.15, -0.1) is 5.10 Å². The van der Waals surface area contributed by atoms with Gasteiger partial charge in [0.25, 0.3) is 0 Å². The summed E-state index contributed by atoms with van der Waals surface area (Å²) >= 11 is 1.63. The number of hydrogen-bond donors (Lipinski definition) is 1. The molecule has 2 N–H and O–H groups in total. The van der Waals surface area contributed by atoms with Crippen LogP contribution in [0.3, 0.4) is 0 Å². The summed E-state index contributed by atoms with van der Waals surface area (Å²) in [7, 11) is 0. The van der Waals surface area contributed by atoms with Crippen LogP contribution in [0.4, 0.5) is 0 Å². The number of benzene rings is 1.